The lowest BCUT2D eigenvalue weighted by atomic mass is 10.0. The molecule has 4 aromatic rings. The van der Waals surface area contributed by atoms with E-state index in [1.54, 1.807) is 75.5 Å². The molecular formula is C33H34ClN5O6. The summed E-state index contributed by atoms with van der Waals surface area (Å²) in [6.45, 7) is 5.60. The highest BCUT2D eigenvalue weighted by Crippen LogP contribution is 2.37. The second kappa shape index (κ2) is 13.4. The molecule has 1 saturated heterocycles. The Morgan fingerprint density at radius 1 is 1.07 bits per heavy atom. The number of aromatic hydroxyl groups is 1. The van der Waals surface area contributed by atoms with Crippen molar-refractivity contribution in [3.8, 4) is 28.1 Å². The number of aromatic amines is 1. The average Bonchev–Trinajstić information content (AvgIpc) is 3.50. The third-order valence-corrected chi connectivity index (χ3v) is 7.32. The maximum Gasteiger partial charge on any atom is 0.408 e. The standard InChI is InChI=1S/C33H34ClN5O6/c1-33(2,3)45-32(43)37-28(21-7-5-4-6-8-21)31(42)39-15-16-44-19-26(39)30(41)36-23-12-9-20(10-13-23)25-18-35-38-29(25)24-17-22(34)11-14-27(24)40/h4-14,17-18,26,28,40H,15-16,19H2,1-3H3,(H,35,38)(H,36,41)(H,37,43)/t26-,28+/m0/s1. The highest BCUT2D eigenvalue weighted by molar-refractivity contribution is 6.31. The van der Waals surface area contributed by atoms with Crippen LogP contribution in [0.4, 0.5) is 10.5 Å². The van der Waals surface area contributed by atoms with Gasteiger partial charge < -0.3 is 30.1 Å². The van der Waals surface area contributed by atoms with Gasteiger partial charge in [-0.3, -0.25) is 14.7 Å². The van der Waals surface area contributed by atoms with Gasteiger partial charge >= 0.3 is 6.09 Å². The third-order valence-electron chi connectivity index (χ3n) is 7.09. The molecule has 1 aromatic heterocycles. The average molecular weight is 632 g/mol. The van der Waals surface area contributed by atoms with Crippen molar-refractivity contribution >= 4 is 35.2 Å². The SMILES string of the molecule is CC(C)(C)OC(=O)N[C@@H](C(=O)N1CCOC[C@H]1C(=O)Nc1ccc(-c2cn[nH]c2-c2cc(Cl)ccc2O)cc1)c1ccccc1. The van der Waals surface area contributed by atoms with Gasteiger partial charge in [0, 0.05) is 28.4 Å². The lowest BCUT2D eigenvalue weighted by Gasteiger charge is -2.37. The summed E-state index contributed by atoms with van der Waals surface area (Å²) in [5.41, 5.74) is 2.91. The molecule has 1 aliphatic heterocycles. The lowest BCUT2D eigenvalue weighted by Crippen LogP contribution is -2.57. The van der Waals surface area contributed by atoms with E-state index in [9.17, 15) is 19.5 Å². The molecule has 2 heterocycles. The molecule has 12 heteroatoms. The van der Waals surface area contributed by atoms with E-state index < -0.39 is 35.6 Å². The number of rotatable bonds is 7. The maximum atomic E-state index is 13.9. The minimum atomic E-state index is -1.07. The van der Waals surface area contributed by atoms with Crippen molar-refractivity contribution in [2.45, 2.75) is 38.5 Å². The number of hydrogen-bond acceptors (Lipinski definition) is 7. The first-order chi connectivity index (χ1) is 21.5. The van der Waals surface area contributed by atoms with Crippen molar-refractivity contribution in [1.82, 2.24) is 20.4 Å². The van der Waals surface area contributed by atoms with Crippen LogP contribution in [0.1, 0.15) is 32.4 Å². The number of alkyl carbamates (subject to hydrolysis) is 1. The number of hydrogen-bond donors (Lipinski definition) is 4. The van der Waals surface area contributed by atoms with Crippen LogP contribution in [0.25, 0.3) is 22.4 Å². The van der Waals surface area contributed by atoms with Gasteiger partial charge in [-0.05, 0) is 62.2 Å². The number of anilines is 1. The van der Waals surface area contributed by atoms with E-state index in [4.69, 9.17) is 21.1 Å². The van der Waals surface area contributed by atoms with E-state index in [1.807, 2.05) is 18.2 Å². The van der Waals surface area contributed by atoms with Gasteiger partial charge in [-0.25, -0.2) is 4.79 Å². The van der Waals surface area contributed by atoms with Crippen molar-refractivity contribution in [2.24, 2.45) is 0 Å². The van der Waals surface area contributed by atoms with Gasteiger partial charge in [0.05, 0.1) is 25.1 Å². The van der Waals surface area contributed by atoms with Crippen LogP contribution >= 0.6 is 11.6 Å². The highest BCUT2D eigenvalue weighted by Gasteiger charge is 2.38. The van der Waals surface area contributed by atoms with E-state index in [0.717, 1.165) is 11.1 Å². The van der Waals surface area contributed by atoms with Gasteiger partial charge in [-0.15, -0.1) is 0 Å². The van der Waals surface area contributed by atoms with Crippen LogP contribution in [-0.4, -0.2) is 69.5 Å². The minimum absolute atomic E-state index is 0.00882. The van der Waals surface area contributed by atoms with E-state index in [-0.39, 0.29) is 25.5 Å². The van der Waals surface area contributed by atoms with Crippen LogP contribution in [0.2, 0.25) is 5.02 Å². The molecule has 4 N–H and O–H groups in total. The Morgan fingerprint density at radius 3 is 2.51 bits per heavy atom. The number of nitrogens with one attached hydrogen (secondary N) is 3. The minimum Gasteiger partial charge on any atom is -0.507 e. The Hall–Kier alpha value is -4.87. The summed E-state index contributed by atoms with van der Waals surface area (Å²) in [4.78, 5) is 41.6. The molecule has 45 heavy (non-hydrogen) atoms. The van der Waals surface area contributed by atoms with E-state index in [2.05, 4.69) is 20.8 Å². The Bertz CT molecular complexity index is 1670. The first-order valence-electron chi connectivity index (χ1n) is 14.4. The van der Waals surface area contributed by atoms with Crippen LogP contribution in [0.15, 0.2) is 79.0 Å². The van der Waals surface area contributed by atoms with Crippen LogP contribution < -0.4 is 10.6 Å². The fourth-order valence-corrected chi connectivity index (χ4v) is 5.16. The number of morpholine rings is 1. The molecule has 5 rings (SSSR count). The van der Waals surface area contributed by atoms with E-state index >= 15 is 0 Å². The number of carbonyl (C=O) groups excluding carboxylic acids is 3. The molecule has 234 valence electrons. The summed E-state index contributed by atoms with van der Waals surface area (Å²) in [7, 11) is 0. The maximum absolute atomic E-state index is 13.9. The number of H-pyrrole nitrogens is 1. The zero-order valence-electron chi connectivity index (χ0n) is 25.0. The molecule has 1 fully saturated rings. The van der Waals surface area contributed by atoms with Gasteiger partial charge in [0.25, 0.3) is 5.91 Å². The van der Waals surface area contributed by atoms with Crippen molar-refractivity contribution in [3.63, 3.8) is 0 Å². The predicted octanol–water partition coefficient (Wildman–Crippen LogP) is 5.53. The predicted molar refractivity (Wildman–Crippen MR) is 170 cm³/mol. The third kappa shape index (κ3) is 7.62. The van der Waals surface area contributed by atoms with Crippen molar-refractivity contribution < 1.29 is 29.0 Å². The number of aromatic nitrogens is 2. The summed E-state index contributed by atoms with van der Waals surface area (Å²) in [5.74, 6) is -0.839. The van der Waals surface area contributed by atoms with E-state index in [1.165, 1.54) is 11.0 Å². The van der Waals surface area contributed by atoms with Gasteiger partial charge in [0.2, 0.25) is 5.91 Å². The fourth-order valence-electron chi connectivity index (χ4n) is 4.99. The van der Waals surface area contributed by atoms with Gasteiger partial charge in [0.1, 0.15) is 23.4 Å². The number of phenols is 1. The lowest BCUT2D eigenvalue weighted by molar-refractivity contribution is -0.148. The Labute approximate surface area is 265 Å². The summed E-state index contributed by atoms with van der Waals surface area (Å²) in [5, 5.41) is 23.5. The molecule has 0 aliphatic carbocycles. The highest BCUT2D eigenvalue weighted by atomic mass is 35.5. The number of phenolic OH excluding ortho intramolecular Hbond substituents is 1. The quantitative estimate of drug-likeness (QED) is 0.210. The van der Waals surface area contributed by atoms with Crippen molar-refractivity contribution in [2.75, 3.05) is 25.1 Å². The van der Waals surface area contributed by atoms with E-state index in [0.29, 0.717) is 27.5 Å². The van der Waals surface area contributed by atoms with Crippen LogP contribution in [-0.2, 0) is 19.1 Å². The normalized spacial score (nSPS) is 15.6. The molecule has 3 aromatic carbocycles. The smallest absolute Gasteiger partial charge is 0.408 e. The Morgan fingerprint density at radius 2 is 1.80 bits per heavy atom. The second-order valence-corrected chi connectivity index (χ2v) is 11.9. The molecule has 0 saturated carbocycles. The number of carbonyl (C=O) groups is 3. The van der Waals surface area contributed by atoms with Crippen molar-refractivity contribution in [3.05, 3.63) is 89.6 Å². The summed E-state index contributed by atoms with van der Waals surface area (Å²) in [6, 6.07) is 18.6. The Balaban J connectivity index is 1.33. The first-order valence-corrected chi connectivity index (χ1v) is 14.7. The van der Waals surface area contributed by atoms with Gasteiger partial charge in [0.15, 0.2) is 0 Å². The van der Waals surface area contributed by atoms with Crippen molar-refractivity contribution in [1.29, 1.82) is 0 Å². The van der Waals surface area contributed by atoms with Crippen LogP contribution in [0, 0.1) is 0 Å². The zero-order valence-corrected chi connectivity index (χ0v) is 25.8. The summed E-state index contributed by atoms with van der Waals surface area (Å²) in [6.07, 6.45) is 0.894. The number of ether oxygens (including phenoxy) is 2. The molecular weight excluding hydrogens is 598 g/mol. The second-order valence-electron chi connectivity index (χ2n) is 11.5. The van der Waals surface area contributed by atoms with Gasteiger partial charge in [-0.1, -0.05) is 54.1 Å². The number of nitrogens with zero attached hydrogens (tertiary/aromatic N) is 2. The fraction of sp³-hybridized carbons (Fsp3) is 0.273. The monoisotopic (exact) mass is 631 g/mol. The first kappa shape index (κ1) is 31.6. The molecule has 1 aliphatic rings. The molecule has 2 atom stereocenters. The zero-order chi connectivity index (χ0) is 32.1. The molecule has 0 spiro atoms. The summed E-state index contributed by atoms with van der Waals surface area (Å²) < 4.78 is 11.0. The molecule has 11 nitrogen and oxygen atoms in total. The number of benzene rings is 3. The van der Waals surface area contributed by atoms with Crippen LogP contribution in [0.3, 0.4) is 0 Å². The molecule has 3 amide bonds. The number of amides is 3. The Kier molecular flexibility index (Phi) is 9.40. The summed E-state index contributed by atoms with van der Waals surface area (Å²) >= 11 is 6.15. The van der Waals surface area contributed by atoms with Gasteiger partial charge in [-0.2, -0.15) is 5.10 Å². The molecule has 0 radical (unpaired) electrons. The number of halogens is 1. The molecule has 0 bridgehead atoms. The topological polar surface area (TPSA) is 146 Å². The van der Waals surface area contributed by atoms with Crippen LogP contribution in [0.5, 0.6) is 5.75 Å². The molecule has 0 unspecified atom stereocenters. The largest absolute Gasteiger partial charge is 0.507 e.